The predicted molar refractivity (Wildman–Crippen MR) is 71.6 cm³/mol. The average Bonchev–Trinajstić information content (AvgIpc) is 2.69. The second-order valence-corrected chi connectivity index (χ2v) is 4.64. The largest absolute Gasteiger partial charge is 0.385 e. The first-order valence-corrected chi connectivity index (χ1v) is 6.47. The molecule has 2 amide bonds. The molecule has 1 aliphatic rings. The minimum atomic E-state index is -0.574. The second-order valence-electron chi connectivity index (χ2n) is 4.64. The van der Waals surface area contributed by atoms with Crippen molar-refractivity contribution in [3.05, 3.63) is 30.1 Å². The van der Waals surface area contributed by atoms with Crippen LogP contribution in [0.1, 0.15) is 12.8 Å². The van der Waals surface area contributed by atoms with Crippen molar-refractivity contribution in [2.45, 2.75) is 18.9 Å². The molecule has 1 fully saturated rings. The molecule has 0 saturated carbocycles. The summed E-state index contributed by atoms with van der Waals surface area (Å²) in [7, 11) is 1.58. The standard InChI is InChI=1S/C14H17FN2O3/c1-20-8-2-7-17-13(18)9-12(14(17)19)16-11-5-3-10(15)4-6-11/h3-6,12,16H,2,7-9H2,1H3/t12-/m1/s1. The molecule has 1 N–H and O–H groups in total. The van der Waals surface area contributed by atoms with Crippen LogP contribution in [-0.4, -0.2) is 43.0 Å². The fourth-order valence-corrected chi connectivity index (χ4v) is 2.15. The Kier molecular flexibility index (Phi) is 4.68. The minimum Gasteiger partial charge on any atom is -0.385 e. The van der Waals surface area contributed by atoms with Crippen LogP contribution in [-0.2, 0) is 14.3 Å². The molecule has 0 bridgehead atoms. The lowest BCUT2D eigenvalue weighted by atomic mass is 10.2. The number of halogens is 1. The number of likely N-dealkylation sites (tertiary alicyclic amines) is 1. The molecule has 20 heavy (non-hydrogen) atoms. The maximum absolute atomic E-state index is 12.8. The summed E-state index contributed by atoms with van der Waals surface area (Å²) in [6.45, 7) is 0.875. The number of anilines is 1. The van der Waals surface area contributed by atoms with Gasteiger partial charge in [0.2, 0.25) is 5.91 Å². The SMILES string of the molecule is COCCCN1C(=O)C[C@@H](Nc2ccc(F)cc2)C1=O. The number of benzene rings is 1. The first kappa shape index (κ1) is 14.5. The smallest absolute Gasteiger partial charge is 0.252 e. The molecule has 1 aliphatic heterocycles. The van der Waals surface area contributed by atoms with Crippen molar-refractivity contribution in [1.82, 2.24) is 4.90 Å². The van der Waals surface area contributed by atoms with Gasteiger partial charge in [-0.25, -0.2) is 4.39 Å². The van der Waals surface area contributed by atoms with Gasteiger partial charge >= 0.3 is 0 Å². The number of rotatable bonds is 6. The number of hydrogen-bond donors (Lipinski definition) is 1. The van der Waals surface area contributed by atoms with Gasteiger partial charge in [-0.3, -0.25) is 14.5 Å². The highest BCUT2D eigenvalue weighted by Crippen LogP contribution is 2.19. The van der Waals surface area contributed by atoms with E-state index in [1.165, 1.54) is 17.0 Å². The highest BCUT2D eigenvalue weighted by atomic mass is 19.1. The zero-order valence-electron chi connectivity index (χ0n) is 11.3. The molecule has 1 atom stereocenters. The number of methoxy groups -OCH3 is 1. The fourth-order valence-electron chi connectivity index (χ4n) is 2.15. The Bertz CT molecular complexity index is 490. The first-order chi connectivity index (χ1) is 9.61. The molecule has 1 aromatic rings. The molecular formula is C14H17FN2O3. The molecule has 1 saturated heterocycles. The number of nitrogens with one attached hydrogen (secondary N) is 1. The lowest BCUT2D eigenvalue weighted by Gasteiger charge is -2.15. The zero-order valence-corrected chi connectivity index (χ0v) is 11.3. The van der Waals surface area contributed by atoms with Crippen LogP contribution in [0.2, 0.25) is 0 Å². The Balaban J connectivity index is 1.95. The van der Waals surface area contributed by atoms with E-state index in [2.05, 4.69) is 5.32 Å². The van der Waals surface area contributed by atoms with Crippen molar-refractivity contribution >= 4 is 17.5 Å². The summed E-state index contributed by atoms with van der Waals surface area (Å²) >= 11 is 0. The number of ether oxygens (including phenoxy) is 1. The lowest BCUT2D eigenvalue weighted by Crippen LogP contribution is -2.35. The maximum Gasteiger partial charge on any atom is 0.252 e. The second kappa shape index (κ2) is 6.47. The van der Waals surface area contributed by atoms with Crippen LogP contribution >= 0.6 is 0 Å². The summed E-state index contributed by atoms with van der Waals surface area (Å²) in [6.07, 6.45) is 0.750. The van der Waals surface area contributed by atoms with E-state index in [-0.39, 0.29) is 24.1 Å². The van der Waals surface area contributed by atoms with Gasteiger partial charge in [-0.05, 0) is 30.7 Å². The van der Waals surface area contributed by atoms with Crippen LogP contribution in [0.15, 0.2) is 24.3 Å². The third kappa shape index (κ3) is 3.33. The summed E-state index contributed by atoms with van der Waals surface area (Å²) in [5.41, 5.74) is 0.622. The Hall–Kier alpha value is -1.95. The van der Waals surface area contributed by atoms with E-state index >= 15 is 0 Å². The molecule has 6 heteroatoms. The van der Waals surface area contributed by atoms with E-state index in [4.69, 9.17) is 4.74 Å². The minimum absolute atomic E-state index is 0.128. The number of amides is 2. The van der Waals surface area contributed by atoms with Crippen molar-refractivity contribution in [3.8, 4) is 0 Å². The van der Waals surface area contributed by atoms with Gasteiger partial charge in [0.1, 0.15) is 11.9 Å². The van der Waals surface area contributed by atoms with Gasteiger partial charge in [-0.1, -0.05) is 0 Å². The highest BCUT2D eigenvalue weighted by Gasteiger charge is 2.37. The topological polar surface area (TPSA) is 58.6 Å². The van der Waals surface area contributed by atoms with Crippen molar-refractivity contribution in [1.29, 1.82) is 0 Å². The lowest BCUT2D eigenvalue weighted by molar-refractivity contribution is -0.138. The molecule has 1 aromatic carbocycles. The summed E-state index contributed by atoms with van der Waals surface area (Å²) in [6, 6.07) is 5.12. The van der Waals surface area contributed by atoms with Gasteiger partial charge in [-0.15, -0.1) is 0 Å². The van der Waals surface area contributed by atoms with Crippen molar-refractivity contribution < 1.29 is 18.7 Å². The van der Waals surface area contributed by atoms with Gasteiger partial charge < -0.3 is 10.1 Å². The van der Waals surface area contributed by atoms with E-state index in [0.29, 0.717) is 25.3 Å². The summed E-state index contributed by atoms with van der Waals surface area (Å²) in [5, 5.41) is 2.96. The number of nitrogens with zero attached hydrogens (tertiary/aromatic N) is 1. The summed E-state index contributed by atoms with van der Waals surface area (Å²) in [5.74, 6) is -0.772. The van der Waals surface area contributed by atoms with Gasteiger partial charge in [0.15, 0.2) is 0 Å². The Morgan fingerprint density at radius 2 is 2.05 bits per heavy atom. The van der Waals surface area contributed by atoms with Gasteiger partial charge in [0, 0.05) is 25.9 Å². The van der Waals surface area contributed by atoms with Crippen LogP contribution in [0.4, 0.5) is 10.1 Å². The van der Waals surface area contributed by atoms with Crippen molar-refractivity contribution in [2.24, 2.45) is 0 Å². The van der Waals surface area contributed by atoms with Crippen LogP contribution < -0.4 is 5.32 Å². The normalized spacial score (nSPS) is 18.7. The molecule has 5 nitrogen and oxygen atoms in total. The van der Waals surface area contributed by atoms with Gasteiger partial charge in [0.25, 0.3) is 5.91 Å². The maximum atomic E-state index is 12.8. The van der Waals surface area contributed by atoms with E-state index in [1.807, 2.05) is 0 Å². The van der Waals surface area contributed by atoms with E-state index in [1.54, 1.807) is 19.2 Å². The van der Waals surface area contributed by atoms with E-state index < -0.39 is 6.04 Å². The molecule has 108 valence electrons. The van der Waals surface area contributed by atoms with E-state index in [0.717, 1.165) is 0 Å². The Morgan fingerprint density at radius 3 is 2.70 bits per heavy atom. The van der Waals surface area contributed by atoms with Crippen molar-refractivity contribution in [3.63, 3.8) is 0 Å². The molecular weight excluding hydrogens is 263 g/mol. The Morgan fingerprint density at radius 1 is 1.35 bits per heavy atom. The third-order valence-electron chi connectivity index (χ3n) is 3.16. The van der Waals surface area contributed by atoms with Crippen molar-refractivity contribution in [2.75, 3.05) is 25.6 Å². The van der Waals surface area contributed by atoms with Gasteiger partial charge in [0.05, 0.1) is 6.42 Å². The highest BCUT2D eigenvalue weighted by molar-refractivity contribution is 6.06. The average molecular weight is 280 g/mol. The van der Waals surface area contributed by atoms with E-state index in [9.17, 15) is 14.0 Å². The number of hydrogen-bond acceptors (Lipinski definition) is 4. The molecule has 2 rings (SSSR count). The number of imide groups is 1. The molecule has 0 aromatic heterocycles. The first-order valence-electron chi connectivity index (χ1n) is 6.47. The van der Waals surface area contributed by atoms with Crippen LogP contribution in [0.25, 0.3) is 0 Å². The quantitative estimate of drug-likeness (QED) is 0.632. The number of carbonyl (C=O) groups excluding carboxylic acids is 2. The molecule has 0 radical (unpaired) electrons. The monoisotopic (exact) mass is 280 g/mol. The summed E-state index contributed by atoms with van der Waals surface area (Å²) < 4.78 is 17.7. The molecule has 0 aliphatic carbocycles. The van der Waals surface area contributed by atoms with Crippen LogP contribution in [0.3, 0.4) is 0 Å². The van der Waals surface area contributed by atoms with Crippen LogP contribution in [0.5, 0.6) is 0 Å². The molecule has 0 spiro atoms. The molecule has 0 unspecified atom stereocenters. The predicted octanol–water partition coefficient (Wildman–Crippen LogP) is 1.40. The Labute approximate surface area is 116 Å². The zero-order chi connectivity index (χ0) is 14.5. The summed E-state index contributed by atoms with van der Waals surface area (Å²) in [4.78, 5) is 25.2. The van der Waals surface area contributed by atoms with Crippen LogP contribution in [0, 0.1) is 5.82 Å². The fraction of sp³-hybridized carbons (Fsp3) is 0.429. The molecule has 1 heterocycles. The number of carbonyl (C=O) groups is 2. The van der Waals surface area contributed by atoms with Gasteiger partial charge in [-0.2, -0.15) is 0 Å². The third-order valence-corrected chi connectivity index (χ3v) is 3.16.